The maximum atomic E-state index is 13.4. The molecule has 0 saturated carbocycles. The van der Waals surface area contributed by atoms with Crippen molar-refractivity contribution in [1.82, 2.24) is 24.9 Å². The molecule has 5 rings (SSSR count). The molecule has 150 valence electrons. The molecule has 7 nitrogen and oxygen atoms in total. The maximum Gasteiger partial charge on any atom is 0.212 e. The Bertz CT molecular complexity index is 1040. The third-order valence-corrected chi connectivity index (χ3v) is 5.76. The average Bonchev–Trinajstić information content (AvgIpc) is 3.32. The number of ether oxygens (including phenoxy) is 2. The van der Waals surface area contributed by atoms with E-state index in [2.05, 4.69) is 20.2 Å². The fraction of sp³-hybridized carbons (Fsp3) is 0.350. The molecular formula is C20H19ClFN5O2. The number of fused-ring (bicyclic) bond motifs is 3. The summed E-state index contributed by atoms with van der Waals surface area (Å²) >= 11 is 6.23. The lowest BCUT2D eigenvalue weighted by Gasteiger charge is -2.26. The van der Waals surface area contributed by atoms with E-state index in [-0.39, 0.29) is 18.0 Å². The number of nitrogens with zero attached hydrogens (tertiary/aromatic N) is 5. The van der Waals surface area contributed by atoms with Gasteiger partial charge in [0.05, 0.1) is 36.6 Å². The Kier molecular flexibility index (Phi) is 4.69. The molecule has 9 heteroatoms. The van der Waals surface area contributed by atoms with E-state index in [0.29, 0.717) is 28.8 Å². The number of aromatic nitrogens is 4. The highest BCUT2D eigenvalue weighted by Gasteiger charge is 2.40. The van der Waals surface area contributed by atoms with Crippen LogP contribution in [0.4, 0.5) is 4.39 Å². The van der Waals surface area contributed by atoms with E-state index in [1.54, 1.807) is 13.2 Å². The number of halogens is 2. The molecule has 3 aromatic rings. The van der Waals surface area contributed by atoms with Crippen LogP contribution in [-0.4, -0.2) is 51.2 Å². The van der Waals surface area contributed by atoms with Gasteiger partial charge in [-0.2, -0.15) is 0 Å². The molecule has 1 fully saturated rings. The van der Waals surface area contributed by atoms with Crippen LogP contribution in [0.3, 0.4) is 0 Å². The van der Waals surface area contributed by atoms with Crippen molar-refractivity contribution in [3.05, 3.63) is 58.6 Å². The number of hydrogen-bond donors (Lipinski definition) is 0. The quantitative estimate of drug-likeness (QED) is 0.652. The summed E-state index contributed by atoms with van der Waals surface area (Å²) in [6, 6.07) is 8.25. The van der Waals surface area contributed by atoms with Gasteiger partial charge in [0.2, 0.25) is 5.88 Å². The summed E-state index contributed by atoms with van der Waals surface area (Å²) in [6.45, 7) is 2.77. The van der Waals surface area contributed by atoms with E-state index in [1.165, 1.54) is 12.1 Å². The lowest BCUT2D eigenvalue weighted by molar-refractivity contribution is -0.00494. The first-order valence-electron chi connectivity index (χ1n) is 9.34. The largest absolute Gasteiger partial charge is 0.481 e. The van der Waals surface area contributed by atoms with Crippen LogP contribution in [-0.2, 0) is 17.9 Å². The van der Waals surface area contributed by atoms with Crippen molar-refractivity contribution in [2.45, 2.75) is 25.3 Å². The van der Waals surface area contributed by atoms with Crippen molar-refractivity contribution in [1.29, 1.82) is 0 Å². The molecule has 2 aliphatic rings. The first-order chi connectivity index (χ1) is 14.1. The Hall–Kier alpha value is -2.55. The summed E-state index contributed by atoms with van der Waals surface area (Å²) in [7, 11) is 1.60. The SMILES string of the molecule is COc1ccc(CN2CC3[C@H](C2)OCc2c(-c4ccc(F)cc4Cl)nnn23)cn1. The van der Waals surface area contributed by atoms with Gasteiger partial charge in [-0.05, 0) is 23.8 Å². The molecule has 0 bridgehead atoms. The molecule has 2 aliphatic heterocycles. The van der Waals surface area contributed by atoms with Crippen LogP contribution in [0.2, 0.25) is 5.02 Å². The van der Waals surface area contributed by atoms with E-state index in [9.17, 15) is 4.39 Å². The van der Waals surface area contributed by atoms with Crippen molar-refractivity contribution < 1.29 is 13.9 Å². The second kappa shape index (κ2) is 7.37. The van der Waals surface area contributed by atoms with Crippen molar-refractivity contribution >= 4 is 11.6 Å². The van der Waals surface area contributed by atoms with Gasteiger partial charge in [-0.15, -0.1) is 5.10 Å². The number of rotatable bonds is 4. The monoisotopic (exact) mass is 415 g/mol. The first kappa shape index (κ1) is 18.5. The zero-order valence-corrected chi connectivity index (χ0v) is 16.5. The maximum absolute atomic E-state index is 13.4. The molecule has 1 unspecified atom stereocenters. The van der Waals surface area contributed by atoms with Gasteiger partial charge in [-0.3, -0.25) is 4.90 Å². The molecular weight excluding hydrogens is 397 g/mol. The third-order valence-electron chi connectivity index (χ3n) is 5.45. The van der Waals surface area contributed by atoms with E-state index in [1.807, 2.05) is 23.0 Å². The molecule has 0 spiro atoms. The number of pyridine rings is 1. The van der Waals surface area contributed by atoms with Crippen LogP contribution in [0.25, 0.3) is 11.3 Å². The third kappa shape index (κ3) is 3.37. The summed E-state index contributed by atoms with van der Waals surface area (Å²) in [5.74, 6) is 0.224. The van der Waals surface area contributed by atoms with Crippen molar-refractivity contribution in [3.8, 4) is 17.1 Å². The van der Waals surface area contributed by atoms with Crippen LogP contribution >= 0.6 is 11.6 Å². The molecule has 0 amide bonds. The molecule has 0 N–H and O–H groups in total. The van der Waals surface area contributed by atoms with Gasteiger partial charge in [0, 0.05) is 37.5 Å². The summed E-state index contributed by atoms with van der Waals surface area (Å²) in [5, 5.41) is 9.03. The highest BCUT2D eigenvalue weighted by Crippen LogP contribution is 2.36. The fourth-order valence-corrected chi connectivity index (χ4v) is 4.29. The van der Waals surface area contributed by atoms with E-state index in [4.69, 9.17) is 21.1 Å². The second-order valence-corrected chi connectivity index (χ2v) is 7.68. The van der Waals surface area contributed by atoms with E-state index in [0.717, 1.165) is 30.9 Å². The molecule has 0 radical (unpaired) electrons. The fourth-order valence-electron chi connectivity index (χ4n) is 4.03. The lowest BCUT2D eigenvalue weighted by Crippen LogP contribution is -2.32. The van der Waals surface area contributed by atoms with Crippen LogP contribution in [0, 0.1) is 5.82 Å². The Balaban J connectivity index is 1.37. The molecule has 29 heavy (non-hydrogen) atoms. The van der Waals surface area contributed by atoms with Crippen LogP contribution in [0.1, 0.15) is 17.3 Å². The number of hydrogen-bond acceptors (Lipinski definition) is 6. The number of methoxy groups -OCH3 is 1. The highest BCUT2D eigenvalue weighted by atomic mass is 35.5. The Labute approximate surface area is 172 Å². The van der Waals surface area contributed by atoms with Gasteiger partial charge in [-0.1, -0.05) is 22.9 Å². The summed E-state index contributed by atoms with van der Waals surface area (Å²) in [6.07, 6.45) is 1.88. The standard InChI is InChI=1S/C20H19ClFN5O2/c1-28-19-5-2-12(7-23-19)8-26-9-16-18(10-26)29-11-17-20(24-25-27(16)17)14-4-3-13(22)6-15(14)21/h2-7,16,18H,8-11H2,1H3/t16?,18-/m0/s1. The summed E-state index contributed by atoms with van der Waals surface area (Å²) in [5.41, 5.74) is 3.29. The number of benzene rings is 1. The zero-order chi connectivity index (χ0) is 20.0. The van der Waals surface area contributed by atoms with Gasteiger partial charge in [0.25, 0.3) is 0 Å². The van der Waals surface area contributed by atoms with Gasteiger partial charge >= 0.3 is 0 Å². The van der Waals surface area contributed by atoms with Crippen molar-refractivity contribution in [3.63, 3.8) is 0 Å². The smallest absolute Gasteiger partial charge is 0.212 e. The van der Waals surface area contributed by atoms with E-state index < -0.39 is 0 Å². The first-order valence-corrected chi connectivity index (χ1v) is 9.72. The van der Waals surface area contributed by atoms with Crippen molar-refractivity contribution in [2.75, 3.05) is 20.2 Å². The molecule has 1 saturated heterocycles. The van der Waals surface area contributed by atoms with Crippen molar-refractivity contribution in [2.24, 2.45) is 0 Å². The van der Waals surface area contributed by atoms with Gasteiger partial charge in [0.15, 0.2) is 0 Å². The second-order valence-electron chi connectivity index (χ2n) is 7.27. The van der Waals surface area contributed by atoms with Gasteiger partial charge in [-0.25, -0.2) is 14.1 Å². The van der Waals surface area contributed by atoms with Crippen LogP contribution < -0.4 is 4.74 Å². The summed E-state index contributed by atoms with van der Waals surface area (Å²) < 4.78 is 26.6. The molecule has 1 aromatic carbocycles. The van der Waals surface area contributed by atoms with E-state index >= 15 is 0 Å². The predicted octanol–water partition coefficient (Wildman–Crippen LogP) is 3.10. The minimum atomic E-state index is -0.379. The Morgan fingerprint density at radius 1 is 1.28 bits per heavy atom. The molecule has 0 aliphatic carbocycles. The molecule has 2 aromatic heterocycles. The Morgan fingerprint density at radius 2 is 2.17 bits per heavy atom. The molecule has 4 heterocycles. The van der Waals surface area contributed by atoms with Crippen LogP contribution in [0.15, 0.2) is 36.5 Å². The minimum Gasteiger partial charge on any atom is -0.481 e. The predicted molar refractivity (Wildman–Crippen MR) is 104 cm³/mol. The average molecular weight is 416 g/mol. The summed E-state index contributed by atoms with van der Waals surface area (Å²) in [4.78, 5) is 6.59. The topological polar surface area (TPSA) is 65.3 Å². The normalized spacial score (nSPS) is 21.1. The van der Waals surface area contributed by atoms with Gasteiger partial charge < -0.3 is 9.47 Å². The number of likely N-dealkylation sites (tertiary alicyclic amines) is 1. The molecule has 2 atom stereocenters. The lowest BCUT2D eigenvalue weighted by atomic mass is 10.1. The Morgan fingerprint density at radius 3 is 2.93 bits per heavy atom. The highest BCUT2D eigenvalue weighted by molar-refractivity contribution is 6.33. The minimum absolute atomic E-state index is 0.0481. The zero-order valence-electron chi connectivity index (χ0n) is 15.8. The van der Waals surface area contributed by atoms with Crippen LogP contribution in [0.5, 0.6) is 5.88 Å². The van der Waals surface area contributed by atoms with Gasteiger partial charge in [0.1, 0.15) is 11.5 Å².